The van der Waals surface area contributed by atoms with Gasteiger partial charge in [0.25, 0.3) is 0 Å². The summed E-state index contributed by atoms with van der Waals surface area (Å²) in [4.78, 5) is 11.1. The molecule has 0 radical (unpaired) electrons. The molecule has 0 amide bonds. The number of H-pyrrole nitrogens is 1. The smallest absolute Gasteiger partial charge is 0.242 e. The molecule has 0 spiro atoms. The molecule has 2 rings (SSSR count). The summed E-state index contributed by atoms with van der Waals surface area (Å²) in [5.41, 5.74) is 0. The fourth-order valence-corrected chi connectivity index (χ4v) is 2.92. The van der Waals surface area contributed by atoms with E-state index in [1.165, 1.54) is 12.3 Å². The minimum absolute atomic E-state index is 0.128. The van der Waals surface area contributed by atoms with Gasteiger partial charge in [-0.3, -0.25) is 0 Å². The van der Waals surface area contributed by atoms with E-state index in [9.17, 15) is 8.42 Å². The van der Waals surface area contributed by atoms with E-state index in [0.717, 1.165) is 13.0 Å². The van der Waals surface area contributed by atoms with Crippen LogP contribution >= 0.6 is 0 Å². The van der Waals surface area contributed by atoms with Crippen LogP contribution in [0.15, 0.2) is 35.6 Å². The molecular formula is C13H19N5O2S. The van der Waals surface area contributed by atoms with Crippen molar-refractivity contribution >= 4 is 15.8 Å². The Kier molecular flexibility index (Phi) is 4.92. The van der Waals surface area contributed by atoms with Crippen molar-refractivity contribution in [3.8, 4) is 0 Å². The van der Waals surface area contributed by atoms with Crippen molar-refractivity contribution in [2.45, 2.75) is 31.2 Å². The molecule has 0 saturated heterocycles. The number of imidazole rings is 1. The molecular weight excluding hydrogens is 290 g/mol. The number of sulfonamides is 1. The second kappa shape index (κ2) is 6.68. The zero-order valence-electron chi connectivity index (χ0n) is 12.0. The molecule has 2 aromatic rings. The zero-order valence-corrected chi connectivity index (χ0v) is 12.8. The van der Waals surface area contributed by atoms with Gasteiger partial charge in [0.05, 0.1) is 6.04 Å². The summed E-state index contributed by atoms with van der Waals surface area (Å²) >= 11 is 0. The molecule has 3 N–H and O–H groups in total. The summed E-state index contributed by atoms with van der Waals surface area (Å²) < 4.78 is 27.1. The minimum Gasteiger partial charge on any atom is -0.370 e. The van der Waals surface area contributed by atoms with Crippen LogP contribution in [0.2, 0.25) is 0 Å². The molecule has 2 aromatic heterocycles. The first-order chi connectivity index (χ1) is 10.0. The normalized spacial score (nSPS) is 13.0. The van der Waals surface area contributed by atoms with E-state index in [-0.39, 0.29) is 4.90 Å². The average Bonchev–Trinajstić information content (AvgIpc) is 2.99. The van der Waals surface area contributed by atoms with Crippen molar-refractivity contribution < 1.29 is 8.42 Å². The van der Waals surface area contributed by atoms with Gasteiger partial charge in [-0.05, 0) is 25.5 Å². The van der Waals surface area contributed by atoms with Gasteiger partial charge in [-0.15, -0.1) is 0 Å². The van der Waals surface area contributed by atoms with E-state index in [0.29, 0.717) is 11.6 Å². The number of aromatic amines is 1. The molecule has 7 nitrogen and oxygen atoms in total. The average molecular weight is 309 g/mol. The van der Waals surface area contributed by atoms with Crippen LogP contribution in [0.5, 0.6) is 0 Å². The number of rotatable bonds is 7. The van der Waals surface area contributed by atoms with Crippen molar-refractivity contribution in [1.82, 2.24) is 19.7 Å². The predicted octanol–water partition coefficient (Wildman–Crippen LogP) is 1.67. The molecule has 1 unspecified atom stereocenters. The number of nitrogens with one attached hydrogen (secondary N) is 3. The molecule has 0 saturated carbocycles. The minimum atomic E-state index is -3.62. The van der Waals surface area contributed by atoms with E-state index >= 15 is 0 Å². The maximum absolute atomic E-state index is 12.2. The van der Waals surface area contributed by atoms with E-state index < -0.39 is 16.1 Å². The number of nitrogens with zero attached hydrogens (tertiary/aromatic N) is 2. The highest BCUT2D eigenvalue weighted by atomic mass is 32.2. The maximum atomic E-state index is 12.2. The van der Waals surface area contributed by atoms with E-state index in [4.69, 9.17) is 0 Å². The Bertz CT molecular complexity index is 652. The molecule has 0 aliphatic rings. The second-order valence-corrected chi connectivity index (χ2v) is 6.34. The quantitative estimate of drug-likeness (QED) is 0.722. The van der Waals surface area contributed by atoms with Crippen molar-refractivity contribution in [1.29, 1.82) is 0 Å². The Morgan fingerprint density at radius 3 is 2.71 bits per heavy atom. The molecule has 2 heterocycles. The van der Waals surface area contributed by atoms with Crippen LogP contribution < -0.4 is 10.0 Å². The van der Waals surface area contributed by atoms with Crippen LogP contribution in [0.3, 0.4) is 0 Å². The van der Waals surface area contributed by atoms with Crippen molar-refractivity contribution in [3.63, 3.8) is 0 Å². The Hall–Kier alpha value is -1.93. The fraction of sp³-hybridized carbons (Fsp3) is 0.385. The SMILES string of the molecule is CCCNc1ccc(S(=O)(=O)NC(C)c2ncc[nH]2)cn1. The number of anilines is 1. The summed E-state index contributed by atoms with van der Waals surface area (Å²) in [6.45, 7) is 4.57. The number of pyridine rings is 1. The summed E-state index contributed by atoms with van der Waals surface area (Å²) in [5.74, 6) is 1.22. The lowest BCUT2D eigenvalue weighted by Gasteiger charge is -2.12. The lowest BCUT2D eigenvalue weighted by atomic mass is 10.3. The third-order valence-corrected chi connectivity index (χ3v) is 4.39. The fourth-order valence-electron chi connectivity index (χ4n) is 1.77. The molecule has 0 fully saturated rings. The van der Waals surface area contributed by atoms with Crippen LogP contribution in [0.25, 0.3) is 0 Å². The number of aromatic nitrogens is 3. The van der Waals surface area contributed by atoms with Crippen molar-refractivity contribution in [2.24, 2.45) is 0 Å². The summed E-state index contributed by atoms with van der Waals surface area (Å²) in [6.07, 6.45) is 5.55. The molecule has 8 heteroatoms. The van der Waals surface area contributed by atoms with Gasteiger partial charge >= 0.3 is 0 Å². The van der Waals surface area contributed by atoms with Crippen LogP contribution in [-0.4, -0.2) is 29.9 Å². The standard InChI is InChI=1S/C13H19N5O2S/c1-3-6-14-12-5-4-11(9-17-12)21(19,20)18-10(2)13-15-7-8-16-13/h4-5,7-10,18H,3,6H2,1-2H3,(H,14,17)(H,15,16). The largest absolute Gasteiger partial charge is 0.370 e. The first-order valence-corrected chi connectivity index (χ1v) is 8.23. The Morgan fingerprint density at radius 2 is 2.14 bits per heavy atom. The van der Waals surface area contributed by atoms with E-state index in [2.05, 4.69) is 25.0 Å². The van der Waals surface area contributed by atoms with Gasteiger partial charge in [0, 0.05) is 25.1 Å². The Morgan fingerprint density at radius 1 is 1.33 bits per heavy atom. The van der Waals surface area contributed by atoms with Crippen LogP contribution in [0.1, 0.15) is 32.1 Å². The molecule has 0 aromatic carbocycles. The predicted molar refractivity (Wildman–Crippen MR) is 80.3 cm³/mol. The third-order valence-electron chi connectivity index (χ3n) is 2.86. The second-order valence-electron chi connectivity index (χ2n) is 4.62. The van der Waals surface area contributed by atoms with Gasteiger partial charge < -0.3 is 10.3 Å². The van der Waals surface area contributed by atoms with Gasteiger partial charge in [0.2, 0.25) is 10.0 Å². The molecule has 0 aliphatic heterocycles. The van der Waals surface area contributed by atoms with Gasteiger partial charge in [0.1, 0.15) is 16.5 Å². The molecule has 114 valence electrons. The van der Waals surface area contributed by atoms with Gasteiger partial charge in [0.15, 0.2) is 0 Å². The highest BCUT2D eigenvalue weighted by Gasteiger charge is 2.19. The van der Waals surface area contributed by atoms with Gasteiger partial charge in [-0.25, -0.2) is 23.1 Å². The Balaban J connectivity index is 2.08. The number of hydrogen-bond donors (Lipinski definition) is 3. The zero-order chi connectivity index (χ0) is 15.3. The summed E-state index contributed by atoms with van der Waals surface area (Å²) in [5, 5.41) is 3.09. The molecule has 1 atom stereocenters. The van der Waals surface area contributed by atoms with Crippen molar-refractivity contribution in [3.05, 3.63) is 36.5 Å². The van der Waals surface area contributed by atoms with Gasteiger partial charge in [-0.2, -0.15) is 0 Å². The first-order valence-electron chi connectivity index (χ1n) is 6.74. The van der Waals surface area contributed by atoms with Crippen molar-refractivity contribution in [2.75, 3.05) is 11.9 Å². The molecule has 0 aliphatic carbocycles. The van der Waals surface area contributed by atoms with Crippen LogP contribution in [0, 0.1) is 0 Å². The monoisotopic (exact) mass is 309 g/mol. The van der Waals surface area contributed by atoms with Gasteiger partial charge in [-0.1, -0.05) is 6.92 Å². The topological polar surface area (TPSA) is 99.8 Å². The summed E-state index contributed by atoms with van der Waals surface area (Å²) in [6, 6.07) is 2.74. The highest BCUT2D eigenvalue weighted by Crippen LogP contribution is 2.14. The molecule has 21 heavy (non-hydrogen) atoms. The summed E-state index contributed by atoms with van der Waals surface area (Å²) in [7, 11) is -3.62. The lowest BCUT2D eigenvalue weighted by Crippen LogP contribution is -2.27. The highest BCUT2D eigenvalue weighted by molar-refractivity contribution is 7.89. The lowest BCUT2D eigenvalue weighted by molar-refractivity contribution is 0.561. The number of hydrogen-bond acceptors (Lipinski definition) is 5. The van der Waals surface area contributed by atoms with E-state index in [1.807, 2.05) is 6.92 Å². The third kappa shape index (κ3) is 4.02. The van der Waals surface area contributed by atoms with Crippen LogP contribution in [-0.2, 0) is 10.0 Å². The van der Waals surface area contributed by atoms with E-state index in [1.54, 1.807) is 25.4 Å². The van der Waals surface area contributed by atoms with Crippen LogP contribution in [0.4, 0.5) is 5.82 Å². The Labute approximate surface area is 124 Å². The maximum Gasteiger partial charge on any atom is 0.242 e. The molecule has 0 bridgehead atoms. The first kappa shape index (κ1) is 15.5.